The molecule has 2 heterocycles. The number of likely N-dealkylation sites (N-methyl/N-ethyl adjacent to an activating group) is 1. The maximum absolute atomic E-state index is 11.7. The van der Waals surface area contributed by atoms with Crippen molar-refractivity contribution in [2.75, 3.05) is 13.6 Å². The molecule has 1 amide bonds. The average Bonchev–Trinajstić information content (AvgIpc) is 2.98. The van der Waals surface area contributed by atoms with Gasteiger partial charge in [0.25, 0.3) is 0 Å². The van der Waals surface area contributed by atoms with Crippen molar-refractivity contribution in [2.24, 2.45) is 0 Å². The second kappa shape index (κ2) is 6.63. The number of amides is 1. The zero-order valence-electron chi connectivity index (χ0n) is 10.1. The van der Waals surface area contributed by atoms with E-state index in [0.717, 1.165) is 5.69 Å². The molecule has 0 atom stereocenters. The molecule has 4 nitrogen and oxygen atoms in total. The van der Waals surface area contributed by atoms with Crippen LogP contribution in [-0.2, 0) is 17.9 Å². The quantitative estimate of drug-likeness (QED) is 0.880. The molecule has 0 spiro atoms. The van der Waals surface area contributed by atoms with Gasteiger partial charge in [-0.3, -0.25) is 9.69 Å². The molecule has 0 aromatic carbocycles. The lowest BCUT2D eigenvalue weighted by atomic mass is 10.4. The van der Waals surface area contributed by atoms with Gasteiger partial charge in [0.2, 0.25) is 5.91 Å². The Hall–Kier alpha value is -1.24. The van der Waals surface area contributed by atoms with Crippen LogP contribution in [0.3, 0.4) is 0 Å². The van der Waals surface area contributed by atoms with Crippen molar-refractivity contribution in [1.82, 2.24) is 15.2 Å². The Morgan fingerprint density at radius 2 is 2.44 bits per heavy atom. The number of nitrogens with one attached hydrogen (secondary N) is 1. The smallest absolute Gasteiger partial charge is 0.234 e. The lowest BCUT2D eigenvalue weighted by Gasteiger charge is -2.14. The van der Waals surface area contributed by atoms with E-state index in [-0.39, 0.29) is 5.91 Å². The molecule has 0 saturated heterocycles. The Balaban J connectivity index is 1.70. The van der Waals surface area contributed by atoms with Crippen LogP contribution in [0, 0.1) is 0 Å². The number of hydrogen-bond donors (Lipinski definition) is 1. The van der Waals surface area contributed by atoms with Crippen LogP contribution in [0.15, 0.2) is 28.4 Å². The zero-order chi connectivity index (χ0) is 12.8. The lowest BCUT2D eigenvalue weighted by molar-refractivity contribution is -0.122. The molecule has 6 heteroatoms. The summed E-state index contributed by atoms with van der Waals surface area (Å²) in [5, 5.41) is 6.92. The third kappa shape index (κ3) is 4.21. The van der Waals surface area contributed by atoms with Crippen LogP contribution in [-0.4, -0.2) is 29.4 Å². The van der Waals surface area contributed by atoms with E-state index in [2.05, 4.69) is 10.3 Å². The van der Waals surface area contributed by atoms with Gasteiger partial charge in [-0.05, 0) is 18.5 Å². The molecule has 0 aliphatic carbocycles. The molecule has 96 valence electrons. The van der Waals surface area contributed by atoms with Crippen LogP contribution in [0.2, 0.25) is 0 Å². The maximum Gasteiger partial charge on any atom is 0.234 e. The lowest BCUT2D eigenvalue weighted by Crippen LogP contribution is -2.34. The number of hydrogen-bond acceptors (Lipinski definition) is 5. The highest BCUT2D eigenvalue weighted by Crippen LogP contribution is 2.07. The van der Waals surface area contributed by atoms with E-state index in [1.165, 1.54) is 4.88 Å². The molecule has 0 bridgehead atoms. The molecule has 0 aliphatic rings. The van der Waals surface area contributed by atoms with Crippen molar-refractivity contribution < 1.29 is 4.79 Å². The summed E-state index contributed by atoms with van der Waals surface area (Å²) in [4.78, 5) is 19.0. The van der Waals surface area contributed by atoms with Crippen LogP contribution < -0.4 is 5.32 Å². The van der Waals surface area contributed by atoms with Gasteiger partial charge < -0.3 is 5.32 Å². The number of carbonyl (C=O) groups is 1. The van der Waals surface area contributed by atoms with Crippen LogP contribution in [0.1, 0.15) is 10.6 Å². The predicted molar refractivity (Wildman–Crippen MR) is 74.6 cm³/mol. The highest BCUT2D eigenvalue weighted by molar-refractivity contribution is 7.09. The monoisotopic (exact) mass is 281 g/mol. The van der Waals surface area contributed by atoms with Crippen LogP contribution >= 0.6 is 22.7 Å². The number of carbonyl (C=O) groups excluding carboxylic acids is 1. The summed E-state index contributed by atoms with van der Waals surface area (Å²) in [7, 11) is 1.92. The number of thiazole rings is 1. The van der Waals surface area contributed by atoms with Crippen LogP contribution in [0.5, 0.6) is 0 Å². The van der Waals surface area contributed by atoms with Gasteiger partial charge in [-0.25, -0.2) is 4.98 Å². The van der Waals surface area contributed by atoms with Crippen molar-refractivity contribution >= 4 is 28.6 Å². The Morgan fingerprint density at radius 3 is 3.11 bits per heavy atom. The fourth-order valence-corrected chi connectivity index (χ4v) is 2.74. The third-order valence-electron chi connectivity index (χ3n) is 2.37. The standard InChI is InChI=1S/C12H15N3OS2/c1-15(6-10-8-17-9-14-10)7-12(16)13-5-11-3-2-4-18-11/h2-4,8-9H,5-7H2,1H3,(H,13,16). The van der Waals surface area contributed by atoms with E-state index < -0.39 is 0 Å². The second-order valence-electron chi connectivity index (χ2n) is 4.01. The minimum Gasteiger partial charge on any atom is -0.350 e. The first-order chi connectivity index (χ1) is 8.74. The van der Waals surface area contributed by atoms with E-state index in [4.69, 9.17) is 0 Å². The van der Waals surface area contributed by atoms with Gasteiger partial charge in [0.1, 0.15) is 0 Å². The molecular formula is C12H15N3OS2. The summed E-state index contributed by atoms with van der Waals surface area (Å²) in [6.45, 7) is 1.71. The number of thiophene rings is 1. The number of nitrogens with zero attached hydrogens (tertiary/aromatic N) is 2. The van der Waals surface area contributed by atoms with Crippen LogP contribution in [0.4, 0.5) is 0 Å². The normalized spacial score (nSPS) is 10.8. The van der Waals surface area contributed by atoms with E-state index in [1.807, 2.05) is 34.8 Å². The first kappa shape index (κ1) is 13.2. The largest absolute Gasteiger partial charge is 0.350 e. The summed E-state index contributed by atoms with van der Waals surface area (Å²) in [6.07, 6.45) is 0. The topological polar surface area (TPSA) is 45.2 Å². The van der Waals surface area contributed by atoms with Gasteiger partial charge in [0.05, 0.1) is 24.3 Å². The summed E-state index contributed by atoms with van der Waals surface area (Å²) in [5.41, 5.74) is 2.81. The SMILES string of the molecule is CN(CC(=O)NCc1cccs1)Cc1cscn1. The van der Waals surface area contributed by atoms with Gasteiger partial charge in [-0.1, -0.05) is 6.07 Å². The van der Waals surface area contributed by atoms with Crippen molar-refractivity contribution in [3.05, 3.63) is 39.0 Å². The Labute approximate surface area is 114 Å². The number of aromatic nitrogens is 1. The molecule has 2 rings (SSSR count). The highest BCUT2D eigenvalue weighted by atomic mass is 32.1. The Kier molecular flexibility index (Phi) is 4.86. The van der Waals surface area contributed by atoms with Crippen LogP contribution in [0.25, 0.3) is 0 Å². The van der Waals surface area contributed by atoms with Gasteiger partial charge >= 0.3 is 0 Å². The minimum atomic E-state index is 0.0427. The van der Waals surface area contributed by atoms with E-state index in [0.29, 0.717) is 19.6 Å². The fourth-order valence-electron chi connectivity index (χ4n) is 1.55. The van der Waals surface area contributed by atoms with Gasteiger partial charge in [-0.15, -0.1) is 22.7 Å². The molecule has 0 saturated carbocycles. The zero-order valence-corrected chi connectivity index (χ0v) is 11.8. The first-order valence-corrected chi connectivity index (χ1v) is 7.41. The molecular weight excluding hydrogens is 266 g/mol. The van der Waals surface area contributed by atoms with E-state index >= 15 is 0 Å². The highest BCUT2D eigenvalue weighted by Gasteiger charge is 2.07. The predicted octanol–water partition coefficient (Wildman–Crippen LogP) is 1.95. The molecule has 0 unspecified atom stereocenters. The minimum absolute atomic E-state index is 0.0427. The molecule has 0 fully saturated rings. The van der Waals surface area contributed by atoms with Crippen molar-refractivity contribution in [1.29, 1.82) is 0 Å². The third-order valence-corrected chi connectivity index (χ3v) is 3.88. The van der Waals surface area contributed by atoms with Crippen molar-refractivity contribution in [2.45, 2.75) is 13.1 Å². The molecule has 2 aromatic rings. The average molecular weight is 281 g/mol. The Morgan fingerprint density at radius 1 is 1.56 bits per heavy atom. The summed E-state index contributed by atoms with van der Waals surface area (Å²) in [5.74, 6) is 0.0427. The molecule has 0 radical (unpaired) electrons. The summed E-state index contributed by atoms with van der Waals surface area (Å²) < 4.78 is 0. The van der Waals surface area contributed by atoms with Crippen molar-refractivity contribution in [3.63, 3.8) is 0 Å². The van der Waals surface area contributed by atoms with Gasteiger partial charge in [0, 0.05) is 16.8 Å². The van der Waals surface area contributed by atoms with E-state index in [9.17, 15) is 4.79 Å². The summed E-state index contributed by atoms with van der Waals surface area (Å²) in [6, 6.07) is 4.00. The van der Waals surface area contributed by atoms with Gasteiger partial charge in [0.15, 0.2) is 0 Å². The molecule has 18 heavy (non-hydrogen) atoms. The summed E-state index contributed by atoms with van der Waals surface area (Å²) >= 11 is 3.22. The van der Waals surface area contributed by atoms with E-state index in [1.54, 1.807) is 28.2 Å². The second-order valence-corrected chi connectivity index (χ2v) is 5.76. The van der Waals surface area contributed by atoms with Crippen molar-refractivity contribution in [3.8, 4) is 0 Å². The van der Waals surface area contributed by atoms with Gasteiger partial charge in [-0.2, -0.15) is 0 Å². The molecule has 1 N–H and O–H groups in total. The first-order valence-electron chi connectivity index (χ1n) is 5.59. The maximum atomic E-state index is 11.7. The molecule has 0 aliphatic heterocycles. The Bertz CT molecular complexity index is 467. The molecule has 2 aromatic heterocycles. The fraction of sp³-hybridized carbons (Fsp3) is 0.333. The number of rotatable bonds is 6.